The molecule has 5 heteroatoms. The molecule has 5 nitrogen and oxygen atoms in total. The molecule has 0 radical (unpaired) electrons. The van der Waals surface area contributed by atoms with Crippen LogP contribution in [-0.2, 0) is 16.0 Å². The highest BCUT2D eigenvalue weighted by Gasteiger charge is 2.28. The highest BCUT2D eigenvalue weighted by atomic mass is 16.2. The molecular weight excluding hydrogens is 338 g/mol. The van der Waals surface area contributed by atoms with E-state index in [1.807, 2.05) is 44.2 Å². The minimum absolute atomic E-state index is 0.0240. The van der Waals surface area contributed by atoms with Gasteiger partial charge in [0.05, 0.1) is 11.6 Å². The summed E-state index contributed by atoms with van der Waals surface area (Å²) in [7, 11) is 0. The van der Waals surface area contributed by atoms with Crippen molar-refractivity contribution < 1.29 is 9.59 Å². The Labute approximate surface area is 159 Å². The largest absolute Gasteiger partial charge is 0.326 e. The highest BCUT2D eigenvalue weighted by molar-refractivity contribution is 5.97. The third kappa shape index (κ3) is 4.17. The van der Waals surface area contributed by atoms with Crippen molar-refractivity contribution >= 4 is 23.2 Å². The molecule has 1 heterocycles. The smallest absolute Gasteiger partial charge is 0.227 e. The molecular formula is C22H23N3O2. The highest BCUT2D eigenvalue weighted by Crippen LogP contribution is 2.28. The van der Waals surface area contributed by atoms with Gasteiger partial charge in [0, 0.05) is 29.8 Å². The number of carbonyl (C=O) groups excluding carboxylic acids is 2. The van der Waals surface area contributed by atoms with Crippen LogP contribution in [0.1, 0.15) is 37.8 Å². The molecule has 1 N–H and O–H groups in total. The van der Waals surface area contributed by atoms with Crippen LogP contribution >= 0.6 is 0 Å². The number of benzene rings is 2. The van der Waals surface area contributed by atoms with Crippen LogP contribution in [0.5, 0.6) is 0 Å². The summed E-state index contributed by atoms with van der Waals surface area (Å²) in [6, 6.07) is 16.9. The predicted molar refractivity (Wildman–Crippen MR) is 105 cm³/mol. The van der Waals surface area contributed by atoms with Gasteiger partial charge in [-0.3, -0.25) is 9.59 Å². The van der Waals surface area contributed by atoms with Crippen LogP contribution in [0.2, 0.25) is 0 Å². The van der Waals surface area contributed by atoms with E-state index in [1.54, 1.807) is 23.1 Å². The summed E-state index contributed by atoms with van der Waals surface area (Å²) in [5, 5.41) is 12.0. The van der Waals surface area contributed by atoms with Crippen molar-refractivity contribution in [2.75, 3.05) is 10.2 Å². The van der Waals surface area contributed by atoms with Crippen molar-refractivity contribution in [1.29, 1.82) is 5.26 Å². The first-order valence-corrected chi connectivity index (χ1v) is 9.20. The third-order valence-corrected chi connectivity index (χ3v) is 4.86. The van der Waals surface area contributed by atoms with E-state index in [2.05, 4.69) is 11.4 Å². The quantitative estimate of drug-likeness (QED) is 0.878. The molecule has 2 aromatic carbocycles. The number of nitriles is 1. The van der Waals surface area contributed by atoms with Crippen LogP contribution in [0.3, 0.4) is 0 Å². The predicted octanol–water partition coefficient (Wildman–Crippen LogP) is 3.89. The van der Waals surface area contributed by atoms with Gasteiger partial charge in [-0.1, -0.05) is 24.3 Å². The first kappa shape index (κ1) is 18.7. The van der Waals surface area contributed by atoms with Crippen LogP contribution in [-0.4, -0.2) is 17.9 Å². The fraction of sp³-hybridized carbons (Fsp3) is 0.318. The number of rotatable bonds is 5. The molecule has 27 heavy (non-hydrogen) atoms. The molecule has 0 bridgehead atoms. The molecule has 138 valence electrons. The number of amides is 2. The number of hydrogen-bond acceptors (Lipinski definition) is 3. The SMILES string of the molecule is CC(C)N(C(=O)CCC1Cc2ccccc2NC1=O)c1cccc(C#N)c1. The number of fused-ring (bicyclic) bond motifs is 1. The molecule has 1 atom stereocenters. The lowest BCUT2D eigenvalue weighted by molar-refractivity contribution is -0.121. The molecule has 0 saturated carbocycles. The zero-order valence-electron chi connectivity index (χ0n) is 15.6. The second kappa shape index (κ2) is 8.05. The van der Waals surface area contributed by atoms with Crippen LogP contribution in [0.4, 0.5) is 11.4 Å². The van der Waals surface area contributed by atoms with Crippen molar-refractivity contribution in [3.8, 4) is 6.07 Å². The van der Waals surface area contributed by atoms with Gasteiger partial charge in [0.25, 0.3) is 0 Å². The Hall–Kier alpha value is -3.13. The topological polar surface area (TPSA) is 73.2 Å². The zero-order chi connectivity index (χ0) is 19.4. The van der Waals surface area contributed by atoms with E-state index in [0.717, 1.165) is 11.3 Å². The standard InChI is InChI=1S/C22H23N3O2/c1-15(2)25(19-8-5-6-16(12-19)14-23)21(26)11-10-18-13-17-7-3-4-9-20(17)24-22(18)27/h3-9,12,15,18H,10-11,13H2,1-2H3,(H,24,27). The van der Waals surface area contributed by atoms with Crippen molar-refractivity contribution in [2.24, 2.45) is 5.92 Å². The summed E-state index contributed by atoms with van der Waals surface area (Å²) < 4.78 is 0. The Bertz CT molecular complexity index is 898. The maximum Gasteiger partial charge on any atom is 0.227 e. The Morgan fingerprint density at radius 2 is 2.04 bits per heavy atom. The van der Waals surface area contributed by atoms with E-state index in [9.17, 15) is 9.59 Å². The van der Waals surface area contributed by atoms with Gasteiger partial charge in [0.15, 0.2) is 0 Å². The van der Waals surface area contributed by atoms with Gasteiger partial charge in [-0.25, -0.2) is 0 Å². The Morgan fingerprint density at radius 1 is 1.26 bits per heavy atom. The molecule has 3 rings (SSSR count). The molecule has 1 unspecified atom stereocenters. The molecule has 0 aromatic heterocycles. The molecule has 0 saturated heterocycles. The summed E-state index contributed by atoms with van der Waals surface area (Å²) >= 11 is 0. The van der Waals surface area contributed by atoms with E-state index in [1.165, 1.54) is 0 Å². The second-order valence-corrected chi connectivity index (χ2v) is 7.11. The summed E-state index contributed by atoms with van der Waals surface area (Å²) in [4.78, 5) is 26.9. The molecule has 2 aromatic rings. The van der Waals surface area contributed by atoms with Crippen molar-refractivity contribution in [1.82, 2.24) is 0 Å². The second-order valence-electron chi connectivity index (χ2n) is 7.11. The maximum atomic E-state index is 12.9. The molecule has 1 aliphatic heterocycles. The van der Waals surface area contributed by atoms with E-state index >= 15 is 0 Å². The average molecular weight is 361 g/mol. The summed E-state index contributed by atoms with van der Waals surface area (Å²) in [6.45, 7) is 3.89. The first-order chi connectivity index (χ1) is 13.0. The van der Waals surface area contributed by atoms with Gasteiger partial charge >= 0.3 is 0 Å². The zero-order valence-corrected chi connectivity index (χ0v) is 15.6. The van der Waals surface area contributed by atoms with Gasteiger partial charge in [-0.15, -0.1) is 0 Å². The number of hydrogen-bond donors (Lipinski definition) is 1. The fourth-order valence-corrected chi connectivity index (χ4v) is 3.52. The van der Waals surface area contributed by atoms with E-state index in [0.29, 0.717) is 24.1 Å². The Balaban J connectivity index is 1.70. The Kier molecular flexibility index (Phi) is 5.56. The van der Waals surface area contributed by atoms with Crippen LogP contribution in [0, 0.1) is 17.2 Å². The van der Waals surface area contributed by atoms with Crippen molar-refractivity contribution in [3.63, 3.8) is 0 Å². The Morgan fingerprint density at radius 3 is 2.78 bits per heavy atom. The lowest BCUT2D eigenvalue weighted by atomic mass is 9.89. The molecule has 2 amide bonds. The molecule has 0 spiro atoms. The third-order valence-electron chi connectivity index (χ3n) is 4.86. The summed E-state index contributed by atoms with van der Waals surface area (Å²) in [6.07, 6.45) is 1.44. The normalized spacial score (nSPS) is 15.6. The monoisotopic (exact) mass is 361 g/mol. The lowest BCUT2D eigenvalue weighted by Gasteiger charge is -2.29. The van der Waals surface area contributed by atoms with Gasteiger partial charge in [0.2, 0.25) is 11.8 Å². The minimum Gasteiger partial charge on any atom is -0.326 e. The number of anilines is 2. The number of nitrogens with one attached hydrogen (secondary N) is 1. The van der Waals surface area contributed by atoms with Crippen molar-refractivity contribution in [3.05, 3.63) is 59.7 Å². The molecule has 0 fully saturated rings. The van der Waals surface area contributed by atoms with Gasteiger partial charge < -0.3 is 10.2 Å². The molecule has 0 aliphatic carbocycles. The van der Waals surface area contributed by atoms with E-state index < -0.39 is 0 Å². The number of carbonyl (C=O) groups is 2. The van der Waals surface area contributed by atoms with Gasteiger partial charge in [-0.05, 0) is 56.5 Å². The van der Waals surface area contributed by atoms with Crippen LogP contribution < -0.4 is 10.2 Å². The van der Waals surface area contributed by atoms with Crippen LogP contribution in [0.15, 0.2) is 48.5 Å². The summed E-state index contributed by atoms with van der Waals surface area (Å²) in [5.74, 6) is -0.265. The summed E-state index contributed by atoms with van der Waals surface area (Å²) in [5.41, 5.74) is 3.21. The maximum absolute atomic E-state index is 12.9. The van der Waals surface area contributed by atoms with Crippen LogP contribution in [0.25, 0.3) is 0 Å². The lowest BCUT2D eigenvalue weighted by Crippen LogP contribution is -2.38. The number of nitrogens with zero attached hydrogens (tertiary/aromatic N) is 2. The van der Waals surface area contributed by atoms with Gasteiger partial charge in [0.1, 0.15) is 0 Å². The molecule has 1 aliphatic rings. The number of para-hydroxylation sites is 1. The van der Waals surface area contributed by atoms with Crippen molar-refractivity contribution in [2.45, 2.75) is 39.2 Å². The first-order valence-electron chi connectivity index (χ1n) is 9.20. The van der Waals surface area contributed by atoms with Gasteiger partial charge in [-0.2, -0.15) is 5.26 Å². The minimum atomic E-state index is -0.205. The average Bonchev–Trinajstić information content (AvgIpc) is 2.66. The fourth-order valence-electron chi connectivity index (χ4n) is 3.52. The van der Waals surface area contributed by atoms with E-state index in [4.69, 9.17) is 5.26 Å². The van der Waals surface area contributed by atoms with E-state index in [-0.39, 0.29) is 30.2 Å².